The lowest BCUT2D eigenvalue weighted by atomic mass is 10.1. The third-order valence-electron chi connectivity index (χ3n) is 3.54. The molecule has 0 bridgehead atoms. The topological polar surface area (TPSA) is 50.4 Å². The number of rotatable bonds is 5. The van der Waals surface area contributed by atoms with Crippen molar-refractivity contribution in [3.8, 4) is 5.75 Å². The van der Waals surface area contributed by atoms with Crippen molar-refractivity contribution in [1.82, 2.24) is 5.32 Å². The van der Waals surface area contributed by atoms with Crippen LogP contribution in [0.1, 0.15) is 38.2 Å². The second kappa shape index (κ2) is 6.57. The molecule has 0 unspecified atom stereocenters. The maximum absolute atomic E-state index is 11.1. The first-order valence-corrected chi connectivity index (χ1v) is 6.87. The number of methoxy groups -OCH3 is 1. The van der Waals surface area contributed by atoms with E-state index in [0.717, 1.165) is 23.5 Å². The molecule has 1 fully saturated rings. The standard InChI is InChI=1S/C15H22N2O2/c1-11(18)17-14-7-8-15(19-2)12(9-14)10-16-13-5-3-4-6-13/h7-9,13,16H,3-6,10H2,1-2H3,(H,17,18). The van der Waals surface area contributed by atoms with Gasteiger partial charge in [-0.05, 0) is 31.0 Å². The van der Waals surface area contributed by atoms with E-state index in [9.17, 15) is 4.79 Å². The molecular formula is C15H22N2O2. The van der Waals surface area contributed by atoms with E-state index in [1.807, 2.05) is 18.2 Å². The molecule has 1 aliphatic rings. The smallest absolute Gasteiger partial charge is 0.221 e. The third kappa shape index (κ3) is 3.96. The van der Waals surface area contributed by atoms with Gasteiger partial charge in [0.1, 0.15) is 5.75 Å². The van der Waals surface area contributed by atoms with Crippen LogP contribution in [0, 0.1) is 0 Å². The predicted molar refractivity (Wildman–Crippen MR) is 76.4 cm³/mol. The quantitative estimate of drug-likeness (QED) is 0.857. The molecule has 0 aliphatic heterocycles. The van der Waals surface area contributed by atoms with E-state index in [4.69, 9.17) is 4.74 Å². The van der Waals surface area contributed by atoms with Crippen LogP contribution in [0.4, 0.5) is 5.69 Å². The van der Waals surface area contributed by atoms with E-state index < -0.39 is 0 Å². The molecule has 1 aromatic rings. The van der Waals surface area contributed by atoms with Gasteiger partial charge in [0, 0.05) is 30.8 Å². The molecular weight excluding hydrogens is 240 g/mol. The van der Waals surface area contributed by atoms with Crippen molar-refractivity contribution in [1.29, 1.82) is 0 Å². The number of benzene rings is 1. The molecule has 1 saturated carbocycles. The summed E-state index contributed by atoms with van der Waals surface area (Å²) >= 11 is 0. The van der Waals surface area contributed by atoms with Crippen LogP contribution in [0.15, 0.2) is 18.2 Å². The van der Waals surface area contributed by atoms with Gasteiger partial charge < -0.3 is 15.4 Å². The average Bonchev–Trinajstić information content (AvgIpc) is 2.89. The number of carbonyl (C=O) groups excluding carboxylic acids is 1. The summed E-state index contributed by atoms with van der Waals surface area (Å²) in [5.41, 5.74) is 1.90. The van der Waals surface area contributed by atoms with Gasteiger partial charge in [0.25, 0.3) is 0 Å². The lowest BCUT2D eigenvalue weighted by Crippen LogP contribution is -2.25. The van der Waals surface area contributed by atoms with Gasteiger partial charge in [-0.2, -0.15) is 0 Å². The summed E-state index contributed by atoms with van der Waals surface area (Å²) in [7, 11) is 1.67. The SMILES string of the molecule is COc1ccc(NC(C)=O)cc1CNC1CCCC1. The minimum absolute atomic E-state index is 0.0557. The Kier molecular flexibility index (Phi) is 4.80. The van der Waals surface area contributed by atoms with Gasteiger partial charge in [0.15, 0.2) is 0 Å². The van der Waals surface area contributed by atoms with E-state index in [1.165, 1.54) is 32.6 Å². The number of hydrogen-bond donors (Lipinski definition) is 2. The van der Waals surface area contributed by atoms with Gasteiger partial charge in [-0.1, -0.05) is 12.8 Å². The maximum atomic E-state index is 11.1. The highest BCUT2D eigenvalue weighted by molar-refractivity contribution is 5.88. The van der Waals surface area contributed by atoms with E-state index in [0.29, 0.717) is 6.04 Å². The normalized spacial score (nSPS) is 15.5. The van der Waals surface area contributed by atoms with Crippen molar-refractivity contribution in [2.75, 3.05) is 12.4 Å². The van der Waals surface area contributed by atoms with E-state index in [1.54, 1.807) is 7.11 Å². The van der Waals surface area contributed by atoms with Gasteiger partial charge in [0.05, 0.1) is 7.11 Å². The minimum Gasteiger partial charge on any atom is -0.496 e. The zero-order chi connectivity index (χ0) is 13.7. The molecule has 2 N–H and O–H groups in total. The molecule has 0 atom stereocenters. The minimum atomic E-state index is -0.0557. The third-order valence-corrected chi connectivity index (χ3v) is 3.54. The van der Waals surface area contributed by atoms with Gasteiger partial charge in [-0.15, -0.1) is 0 Å². The molecule has 1 aliphatic carbocycles. The Balaban J connectivity index is 2.04. The maximum Gasteiger partial charge on any atom is 0.221 e. The first-order valence-electron chi connectivity index (χ1n) is 6.87. The fourth-order valence-corrected chi connectivity index (χ4v) is 2.58. The van der Waals surface area contributed by atoms with Crippen LogP contribution in [0.3, 0.4) is 0 Å². The Morgan fingerprint density at radius 1 is 1.37 bits per heavy atom. The highest BCUT2D eigenvalue weighted by Gasteiger charge is 2.15. The van der Waals surface area contributed by atoms with Crippen molar-refractivity contribution in [3.05, 3.63) is 23.8 Å². The summed E-state index contributed by atoms with van der Waals surface area (Å²) < 4.78 is 5.37. The Morgan fingerprint density at radius 3 is 2.74 bits per heavy atom. The molecule has 0 aromatic heterocycles. The monoisotopic (exact) mass is 262 g/mol. The average molecular weight is 262 g/mol. The molecule has 2 rings (SSSR count). The summed E-state index contributed by atoms with van der Waals surface area (Å²) in [6, 6.07) is 6.35. The number of anilines is 1. The highest BCUT2D eigenvalue weighted by atomic mass is 16.5. The predicted octanol–water partition coefficient (Wildman–Crippen LogP) is 2.69. The number of amides is 1. The number of nitrogens with one attached hydrogen (secondary N) is 2. The van der Waals surface area contributed by atoms with Gasteiger partial charge in [0.2, 0.25) is 5.91 Å². The summed E-state index contributed by atoms with van der Waals surface area (Å²) in [6.45, 7) is 2.29. The zero-order valence-electron chi connectivity index (χ0n) is 11.7. The first kappa shape index (κ1) is 13.9. The van der Waals surface area contributed by atoms with E-state index >= 15 is 0 Å². The molecule has 1 aromatic carbocycles. The van der Waals surface area contributed by atoms with Crippen molar-refractivity contribution >= 4 is 11.6 Å². The number of hydrogen-bond acceptors (Lipinski definition) is 3. The number of ether oxygens (including phenoxy) is 1. The lowest BCUT2D eigenvalue weighted by molar-refractivity contribution is -0.114. The Bertz CT molecular complexity index is 440. The first-order chi connectivity index (χ1) is 9.19. The van der Waals surface area contributed by atoms with Crippen molar-refractivity contribution < 1.29 is 9.53 Å². The van der Waals surface area contributed by atoms with Crippen molar-refractivity contribution in [2.24, 2.45) is 0 Å². The molecule has 4 nitrogen and oxygen atoms in total. The molecule has 0 heterocycles. The fourth-order valence-electron chi connectivity index (χ4n) is 2.58. The summed E-state index contributed by atoms with van der Waals surface area (Å²) in [5.74, 6) is 0.805. The van der Waals surface area contributed by atoms with Crippen LogP contribution in [-0.4, -0.2) is 19.1 Å². The molecule has 0 saturated heterocycles. The van der Waals surface area contributed by atoms with Crippen LogP contribution in [-0.2, 0) is 11.3 Å². The lowest BCUT2D eigenvalue weighted by Gasteiger charge is -2.15. The van der Waals surface area contributed by atoms with E-state index in [2.05, 4.69) is 10.6 Å². The van der Waals surface area contributed by atoms with Gasteiger partial charge in [-0.3, -0.25) is 4.79 Å². The fraction of sp³-hybridized carbons (Fsp3) is 0.533. The molecule has 0 spiro atoms. The van der Waals surface area contributed by atoms with Crippen molar-refractivity contribution in [3.63, 3.8) is 0 Å². The zero-order valence-corrected chi connectivity index (χ0v) is 11.7. The summed E-state index contributed by atoms with van der Waals surface area (Å²) in [6.07, 6.45) is 5.16. The van der Waals surface area contributed by atoms with Crippen LogP contribution in [0.25, 0.3) is 0 Å². The van der Waals surface area contributed by atoms with Crippen LogP contribution < -0.4 is 15.4 Å². The largest absolute Gasteiger partial charge is 0.496 e. The molecule has 4 heteroatoms. The second-order valence-electron chi connectivity index (χ2n) is 5.07. The molecule has 1 amide bonds. The van der Waals surface area contributed by atoms with Crippen LogP contribution >= 0.6 is 0 Å². The molecule has 0 radical (unpaired) electrons. The molecule has 19 heavy (non-hydrogen) atoms. The van der Waals surface area contributed by atoms with Crippen LogP contribution in [0.5, 0.6) is 5.75 Å². The van der Waals surface area contributed by atoms with Crippen molar-refractivity contribution in [2.45, 2.75) is 45.2 Å². The Labute approximate surface area is 114 Å². The van der Waals surface area contributed by atoms with Gasteiger partial charge >= 0.3 is 0 Å². The molecule has 104 valence electrons. The number of carbonyl (C=O) groups is 1. The van der Waals surface area contributed by atoms with Gasteiger partial charge in [-0.25, -0.2) is 0 Å². The highest BCUT2D eigenvalue weighted by Crippen LogP contribution is 2.24. The summed E-state index contributed by atoms with van der Waals surface area (Å²) in [4.78, 5) is 11.1. The Hall–Kier alpha value is -1.55. The van der Waals surface area contributed by atoms with Crippen LogP contribution in [0.2, 0.25) is 0 Å². The second-order valence-corrected chi connectivity index (χ2v) is 5.07. The van der Waals surface area contributed by atoms with E-state index in [-0.39, 0.29) is 5.91 Å². The Morgan fingerprint density at radius 2 is 2.11 bits per heavy atom. The summed E-state index contributed by atoms with van der Waals surface area (Å²) in [5, 5.41) is 6.36.